The lowest BCUT2D eigenvalue weighted by Crippen LogP contribution is -2.43. The Kier molecular flexibility index (Phi) is 5.67. The van der Waals surface area contributed by atoms with Crippen LogP contribution >= 0.6 is 0 Å². The largest absolute Gasteiger partial charge is 0.379 e. The number of nitrogens with zero attached hydrogens (tertiary/aromatic N) is 1. The fourth-order valence-corrected chi connectivity index (χ4v) is 3.61. The van der Waals surface area contributed by atoms with Crippen LogP contribution in [0.25, 0.3) is 0 Å². The third kappa shape index (κ3) is 4.53. The van der Waals surface area contributed by atoms with Gasteiger partial charge in [-0.3, -0.25) is 4.90 Å². The summed E-state index contributed by atoms with van der Waals surface area (Å²) < 4.78 is 5.39. The Balaban J connectivity index is 1.34. The molecule has 0 spiro atoms. The van der Waals surface area contributed by atoms with Crippen LogP contribution in [0.1, 0.15) is 37.2 Å². The van der Waals surface area contributed by atoms with Crippen LogP contribution < -0.4 is 5.32 Å². The van der Waals surface area contributed by atoms with E-state index >= 15 is 0 Å². The zero-order valence-corrected chi connectivity index (χ0v) is 13.0. The number of rotatable bonds is 5. The van der Waals surface area contributed by atoms with Crippen LogP contribution in [0.2, 0.25) is 0 Å². The van der Waals surface area contributed by atoms with Crippen LogP contribution in [0, 0.1) is 0 Å². The molecule has 3 nitrogen and oxygen atoms in total. The Morgan fingerprint density at radius 3 is 2.43 bits per heavy atom. The van der Waals surface area contributed by atoms with Crippen molar-refractivity contribution in [3.05, 3.63) is 35.9 Å². The van der Waals surface area contributed by atoms with E-state index in [1.165, 1.54) is 37.8 Å². The Bertz CT molecular complexity index is 395. The molecule has 1 saturated heterocycles. The molecule has 0 bridgehead atoms. The molecule has 1 aromatic carbocycles. The van der Waals surface area contributed by atoms with E-state index in [-0.39, 0.29) is 0 Å². The molecular formula is C18H28N2O. The van der Waals surface area contributed by atoms with Crippen molar-refractivity contribution in [2.75, 3.05) is 39.4 Å². The molecule has 21 heavy (non-hydrogen) atoms. The fourth-order valence-electron chi connectivity index (χ4n) is 3.61. The van der Waals surface area contributed by atoms with Gasteiger partial charge in [-0.2, -0.15) is 0 Å². The maximum atomic E-state index is 5.39. The van der Waals surface area contributed by atoms with Crippen LogP contribution in [-0.4, -0.2) is 50.3 Å². The van der Waals surface area contributed by atoms with Crippen molar-refractivity contribution in [1.29, 1.82) is 0 Å². The summed E-state index contributed by atoms with van der Waals surface area (Å²) in [5.74, 6) is 0.781. The third-order valence-electron chi connectivity index (χ3n) is 4.96. The highest BCUT2D eigenvalue weighted by Crippen LogP contribution is 2.32. The van der Waals surface area contributed by atoms with E-state index in [0.29, 0.717) is 0 Å². The zero-order valence-electron chi connectivity index (χ0n) is 13.0. The molecule has 3 heteroatoms. The van der Waals surface area contributed by atoms with Crippen molar-refractivity contribution >= 4 is 0 Å². The second-order valence-corrected chi connectivity index (χ2v) is 6.37. The molecule has 0 atom stereocenters. The summed E-state index contributed by atoms with van der Waals surface area (Å²) in [4.78, 5) is 2.51. The molecule has 2 fully saturated rings. The highest BCUT2D eigenvalue weighted by atomic mass is 16.5. The predicted octanol–water partition coefficient (Wildman–Crippen LogP) is 2.63. The van der Waals surface area contributed by atoms with Gasteiger partial charge < -0.3 is 10.1 Å². The number of hydrogen-bond donors (Lipinski definition) is 1. The van der Waals surface area contributed by atoms with Crippen LogP contribution in [0.4, 0.5) is 0 Å². The van der Waals surface area contributed by atoms with Gasteiger partial charge in [0.15, 0.2) is 0 Å². The van der Waals surface area contributed by atoms with Crippen molar-refractivity contribution in [3.8, 4) is 0 Å². The second-order valence-electron chi connectivity index (χ2n) is 6.37. The van der Waals surface area contributed by atoms with Crippen LogP contribution in [0.5, 0.6) is 0 Å². The first-order valence-electron chi connectivity index (χ1n) is 8.50. The summed E-state index contributed by atoms with van der Waals surface area (Å²) in [6.07, 6.45) is 5.31. The summed E-state index contributed by atoms with van der Waals surface area (Å²) in [7, 11) is 0. The lowest BCUT2D eigenvalue weighted by Gasteiger charge is -2.31. The molecule has 1 aromatic rings. The quantitative estimate of drug-likeness (QED) is 0.901. The first kappa shape index (κ1) is 15.0. The lowest BCUT2D eigenvalue weighted by atomic mass is 9.82. The molecule has 1 aliphatic carbocycles. The normalized spacial score (nSPS) is 27.6. The van der Waals surface area contributed by atoms with E-state index in [2.05, 4.69) is 40.5 Å². The van der Waals surface area contributed by atoms with Crippen LogP contribution in [0.3, 0.4) is 0 Å². The van der Waals surface area contributed by atoms with Crippen molar-refractivity contribution in [2.24, 2.45) is 0 Å². The summed E-state index contributed by atoms with van der Waals surface area (Å²) in [5, 5.41) is 3.76. The van der Waals surface area contributed by atoms with Crippen LogP contribution in [0.15, 0.2) is 30.3 Å². The van der Waals surface area contributed by atoms with Gasteiger partial charge in [0.2, 0.25) is 0 Å². The minimum atomic E-state index is 0.728. The van der Waals surface area contributed by atoms with Gasteiger partial charge in [-0.15, -0.1) is 0 Å². The molecule has 3 rings (SSSR count). The average molecular weight is 288 g/mol. The maximum absolute atomic E-state index is 5.39. The van der Waals surface area contributed by atoms with Crippen molar-refractivity contribution < 1.29 is 4.74 Å². The topological polar surface area (TPSA) is 24.5 Å². The Morgan fingerprint density at radius 2 is 1.71 bits per heavy atom. The summed E-state index contributed by atoms with van der Waals surface area (Å²) in [6.45, 7) is 6.30. The molecule has 1 aliphatic heterocycles. The average Bonchev–Trinajstić information content (AvgIpc) is 2.57. The molecule has 116 valence electrons. The summed E-state index contributed by atoms with van der Waals surface area (Å²) >= 11 is 0. The molecule has 0 radical (unpaired) electrons. The molecule has 1 heterocycles. The number of benzene rings is 1. The van der Waals surface area contributed by atoms with Gasteiger partial charge in [0.25, 0.3) is 0 Å². The highest BCUT2D eigenvalue weighted by Gasteiger charge is 2.21. The molecule has 1 saturated carbocycles. The number of ether oxygens (including phenoxy) is 1. The van der Waals surface area contributed by atoms with E-state index in [4.69, 9.17) is 4.74 Å². The Labute approximate surface area is 128 Å². The monoisotopic (exact) mass is 288 g/mol. The number of hydrogen-bond acceptors (Lipinski definition) is 3. The van der Waals surface area contributed by atoms with Gasteiger partial charge in [-0.05, 0) is 37.2 Å². The minimum Gasteiger partial charge on any atom is -0.379 e. The first-order chi connectivity index (χ1) is 10.4. The second kappa shape index (κ2) is 7.92. The Morgan fingerprint density at radius 1 is 1.00 bits per heavy atom. The highest BCUT2D eigenvalue weighted by molar-refractivity contribution is 5.20. The molecule has 1 N–H and O–H groups in total. The lowest BCUT2D eigenvalue weighted by molar-refractivity contribution is 0.0379. The summed E-state index contributed by atoms with van der Waals surface area (Å²) in [6, 6.07) is 11.8. The molecule has 0 aromatic heterocycles. The van der Waals surface area contributed by atoms with Gasteiger partial charge in [0.1, 0.15) is 0 Å². The Hall–Kier alpha value is -0.900. The smallest absolute Gasteiger partial charge is 0.0594 e. The van der Waals surface area contributed by atoms with Crippen molar-refractivity contribution in [3.63, 3.8) is 0 Å². The molecule has 0 amide bonds. The van der Waals surface area contributed by atoms with E-state index in [9.17, 15) is 0 Å². The minimum absolute atomic E-state index is 0.728. The molecule has 0 unspecified atom stereocenters. The van der Waals surface area contributed by atoms with E-state index in [1.807, 2.05) is 0 Å². The zero-order chi connectivity index (χ0) is 14.3. The third-order valence-corrected chi connectivity index (χ3v) is 4.96. The molecular weight excluding hydrogens is 260 g/mol. The van der Waals surface area contributed by atoms with E-state index in [1.54, 1.807) is 0 Å². The first-order valence-corrected chi connectivity index (χ1v) is 8.50. The maximum Gasteiger partial charge on any atom is 0.0594 e. The number of nitrogens with one attached hydrogen (secondary N) is 1. The van der Waals surface area contributed by atoms with E-state index in [0.717, 1.165) is 44.8 Å². The summed E-state index contributed by atoms with van der Waals surface area (Å²) in [5.41, 5.74) is 1.53. The molecule has 2 aliphatic rings. The van der Waals surface area contributed by atoms with Crippen LogP contribution in [-0.2, 0) is 4.74 Å². The fraction of sp³-hybridized carbons (Fsp3) is 0.667. The van der Waals surface area contributed by atoms with Crippen molar-refractivity contribution in [1.82, 2.24) is 10.2 Å². The van der Waals surface area contributed by atoms with Gasteiger partial charge in [-0.25, -0.2) is 0 Å². The standard InChI is InChI=1S/C18H28N2O/c1-2-4-16(5-3-1)17-6-8-18(9-7-17)19-10-11-20-12-14-21-15-13-20/h1-5,17-19H,6-15H2. The van der Waals surface area contributed by atoms with E-state index < -0.39 is 0 Å². The van der Waals surface area contributed by atoms with Gasteiger partial charge >= 0.3 is 0 Å². The SMILES string of the molecule is c1ccc(C2CCC(NCCN3CCOCC3)CC2)cc1. The number of morpholine rings is 1. The van der Waals surface area contributed by atoms with Crippen molar-refractivity contribution in [2.45, 2.75) is 37.6 Å². The van der Waals surface area contributed by atoms with Gasteiger partial charge in [0.05, 0.1) is 13.2 Å². The van der Waals surface area contributed by atoms with Gasteiger partial charge in [0, 0.05) is 32.2 Å². The van der Waals surface area contributed by atoms with Gasteiger partial charge in [-0.1, -0.05) is 30.3 Å². The predicted molar refractivity (Wildman–Crippen MR) is 86.7 cm³/mol.